The number of methoxy groups -OCH3 is 2. The number of ether oxygens (including phenoxy) is 2. The Kier molecular flexibility index (Phi) is 5.59. The number of carbonyl (C=O) groups is 2. The Hall–Kier alpha value is -3.74. The summed E-state index contributed by atoms with van der Waals surface area (Å²) in [6, 6.07) is 13.6. The lowest BCUT2D eigenvalue weighted by molar-refractivity contribution is -0.116. The van der Waals surface area contributed by atoms with Crippen molar-refractivity contribution in [1.82, 2.24) is 0 Å². The summed E-state index contributed by atoms with van der Waals surface area (Å²) in [7, 11) is 4.61. The Labute approximate surface area is 168 Å². The smallest absolute Gasteiger partial charge is 0.259 e. The van der Waals surface area contributed by atoms with E-state index in [1.165, 1.54) is 32.1 Å². The van der Waals surface area contributed by atoms with E-state index in [4.69, 9.17) is 9.47 Å². The van der Waals surface area contributed by atoms with Gasteiger partial charge in [0.05, 0.1) is 36.5 Å². The molecule has 3 aromatic carbocycles. The molecular weight excluding hydrogens is 372 g/mol. The molecule has 7 nitrogen and oxygen atoms in total. The van der Waals surface area contributed by atoms with Crippen LogP contribution in [0.4, 0.5) is 11.4 Å². The summed E-state index contributed by atoms with van der Waals surface area (Å²) in [6.45, 7) is 1.44. The Morgan fingerprint density at radius 1 is 1.00 bits per heavy atom. The van der Waals surface area contributed by atoms with Gasteiger partial charge in [-0.25, -0.2) is 0 Å². The Bertz CT molecular complexity index is 1090. The minimum atomic E-state index is -0.516. The molecule has 2 N–H and O–H groups in total. The minimum Gasteiger partial charge on any atom is -0.506 e. The molecule has 0 aliphatic rings. The number of rotatable bonds is 5. The van der Waals surface area contributed by atoms with Gasteiger partial charge in [0.15, 0.2) is 0 Å². The first-order chi connectivity index (χ1) is 13.9. The van der Waals surface area contributed by atoms with Crippen molar-refractivity contribution in [3.05, 3.63) is 54.1 Å². The lowest BCUT2D eigenvalue weighted by Gasteiger charge is -2.20. The first-order valence-corrected chi connectivity index (χ1v) is 8.90. The highest BCUT2D eigenvalue weighted by molar-refractivity contribution is 6.14. The molecule has 3 aromatic rings. The van der Waals surface area contributed by atoms with E-state index < -0.39 is 5.91 Å². The first-order valence-electron chi connectivity index (χ1n) is 8.90. The molecule has 0 fully saturated rings. The molecule has 7 heteroatoms. The molecule has 0 heterocycles. The fourth-order valence-corrected chi connectivity index (χ4v) is 3.13. The molecule has 0 radical (unpaired) electrons. The molecule has 0 aliphatic heterocycles. The largest absolute Gasteiger partial charge is 0.506 e. The van der Waals surface area contributed by atoms with E-state index in [-0.39, 0.29) is 17.2 Å². The lowest BCUT2D eigenvalue weighted by Crippen LogP contribution is -2.23. The third-order valence-electron chi connectivity index (χ3n) is 4.73. The lowest BCUT2D eigenvalue weighted by atomic mass is 10.0. The molecule has 0 aliphatic carbocycles. The van der Waals surface area contributed by atoms with Crippen molar-refractivity contribution in [2.75, 3.05) is 31.5 Å². The van der Waals surface area contributed by atoms with Crippen molar-refractivity contribution in [3.8, 4) is 17.2 Å². The molecule has 29 heavy (non-hydrogen) atoms. The Balaban J connectivity index is 2.14. The SMILES string of the molecule is COc1ccccc1NC(=O)c1cc(OC)c2c(N(C)C(C)=O)cccc2c1O. The average molecular weight is 394 g/mol. The number of fused-ring (bicyclic) bond motifs is 1. The number of phenolic OH excluding ortho intramolecular Hbond substituents is 1. The maximum absolute atomic E-state index is 12.9. The van der Waals surface area contributed by atoms with Crippen LogP contribution in [0.15, 0.2) is 48.5 Å². The molecule has 0 bridgehead atoms. The maximum atomic E-state index is 12.9. The number of anilines is 2. The molecule has 0 saturated heterocycles. The van der Waals surface area contributed by atoms with E-state index in [1.807, 2.05) is 0 Å². The monoisotopic (exact) mass is 394 g/mol. The first kappa shape index (κ1) is 20.0. The number of aromatic hydroxyl groups is 1. The number of hydrogen-bond acceptors (Lipinski definition) is 5. The zero-order valence-corrected chi connectivity index (χ0v) is 16.6. The van der Waals surface area contributed by atoms with Gasteiger partial charge in [-0.2, -0.15) is 0 Å². The third kappa shape index (κ3) is 3.67. The molecule has 0 aromatic heterocycles. The summed E-state index contributed by atoms with van der Waals surface area (Å²) in [4.78, 5) is 26.2. The highest BCUT2D eigenvalue weighted by Gasteiger charge is 2.22. The number of nitrogens with zero attached hydrogens (tertiary/aromatic N) is 1. The number of hydrogen-bond donors (Lipinski definition) is 2. The number of amides is 2. The fourth-order valence-electron chi connectivity index (χ4n) is 3.13. The van der Waals surface area contributed by atoms with Crippen LogP contribution in [-0.2, 0) is 4.79 Å². The summed E-state index contributed by atoms with van der Waals surface area (Å²) in [6.07, 6.45) is 0. The second-order valence-electron chi connectivity index (χ2n) is 6.41. The van der Waals surface area contributed by atoms with Crippen LogP contribution >= 0.6 is 0 Å². The summed E-state index contributed by atoms with van der Waals surface area (Å²) in [5.74, 6) is -0.0216. The van der Waals surface area contributed by atoms with Gasteiger partial charge in [0.2, 0.25) is 5.91 Å². The highest BCUT2D eigenvalue weighted by Crippen LogP contribution is 2.41. The van der Waals surface area contributed by atoms with Gasteiger partial charge in [0.1, 0.15) is 17.2 Å². The van der Waals surface area contributed by atoms with Crippen LogP contribution in [0.3, 0.4) is 0 Å². The molecule has 0 unspecified atom stereocenters. The van der Waals surface area contributed by atoms with Crippen LogP contribution < -0.4 is 19.7 Å². The van der Waals surface area contributed by atoms with Crippen LogP contribution in [-0.4, -0.2) is 38.2 Å². The summed E-state index contributed by atoms with van der Waals surface area (Å²) in [5.41, 5.74) is 1.09. The second kappa shape index (κ2) is 8.10. The number of para-hydroxylation sites is 2. The highest BCUT2D eigenvalue weighted by atomic mass is 16.5. The van der Waals surface area contributed by atoms with E-state index >= 15 is 0 Å². The van der Waals surface area contributed by atoms with Crippen molar-refractivity contribution in [1.29, 1.82) is 0 Å². The topological polar surface area (TPSA) is 88.1 Å². The molecule has 3 rings (SSSR count). The second-order valence-corrected chi connectivity index (χ2v) is 6.41. The summed E-state index contributed by atoms with van der Waals surface area (Å²) >= 11 is 0. The predicted octanol–water partition coefficient (Wildman–Crippen LogP) is 3.80. The van der Waals surface area contributed by atoms with E-state index in [1.54, 1.807) is 49.5 Å². The van der Waals surface area contributed by atoms with Gasteiger partial charge in [0, 0.05) is 19.4 Å². The van der Waals surface area contributed by atoms with Crippen molar-refractivity contribution in [2.45, 2.75) is 6.92 Å². The van der Waals surface area contributed by atoms with Crippen molar-refractivity contribution >= 4 is 34.0 Å². The van der Waals surface area contributed by atoms with Crippen molar-refractivity contribution in [3.63, 3.8) is 0 Å². The van der Waals surface area contributed by atoms with Crippen LogP contribution in [0.1, 0.15) is 17.3 Å². The van der Waals surface area contributed by atoms with E-state index in [2.05, 4.69) is 5.32 Å². The van der Waals surface area contributed by atoms with Crippen LogP contribution in [0, 0.1) is 0 Å². The van der Waals surface area contributed by atoms with Crippen LogP contribution in [0.25, 0.3) is 10.8 Å². The molecule has 0 spiro atoms. The normalized spacial score (nSPS) is 10.5. The summed E-state index contributed by atoms with van der Waals surface area (Å²) < 4.78 is 10.7. The van der Waals surface area contributed by atoms with Crippen molar-refractivity contribution in [2.24, 2.45) is 0 Å². The Morgan fingerprint density at radius 2 is 1.69 bits per heavy atom. The molecule has 150 valence electrons. The zero-order valence-electron chi connectivity index (χ0n) is 16.6. The van der Waals surface area contributed by atoms with Crippen LogP contribution in [0.5, 0.6) is 17.2 Å². The number of carbonyl (C=O) groups excluding carboxylic acids is 2. The number of benzene rings is 3. The van der Waals surface area contributed by atoms with Gasteiger partial charge in [-0.15, -0.1) is 0 Å². The van der Waals surface area contributed by atoms with Gasteiger partial charge in [-0.1, -0.05) is 24.3 Å². The van der Waals surface area contributed by atoms with Gasteiger partial charge >= 0.3 is 0 Å². The fraction of sp³-hybridized carbons (Fsp3) is 0.182. The van der Waals surface area contributed by atoms with Gasteiger partial charge in [0.25, 0.3) is 5.91 Å². The third-order valence-corrected chi connectivity index (χ3v) is 4.73. The van der Waals surface area contributed by atoms with Crippen molar-refractivity contribution < 1.29 is 24.2 Å². The van der Waals surface area contributed by atoms with E-state index in [0.29, 0.717) is 33.6 Å². The van der Waals surface area contributed by atoms with Gasteiger partial charge in [-0.05, 0) is 24.3 Å². The van der Waals surface area contributed by atoms with E-state index in [0.717, 1.165) is 0 Å². The minimum absolute atomic E-state index is 0.0443. The molecule has 2 amide bonds. The quantitative estimate of drug-likeness (QED) is 0.687. The molecule has 0 saturated carbocycles. The zero-order chi connectivity index (χ0) is 21.1. The molecule has 0 atom stereocenters. The Morgan fingerprint density at radius 3 is 2.34 bits per heavy atom. The number of nitrogens with one attached hydrogen (secondary N) is 1. The number of phenols is 1. The average Bonchev–Trinajstić information content (AvgIpc) is 2.73. The standard InChI is InChI=1S/C22H22N2O5/c1-13(25)24(2)17-10-7-8-14-20(17)19(29-4)12-15(21(14)26)22(27)23-16-9-5-6-11-18(16)28-3/h5-12,26H,1-4H3,(H,23,27). The predicted molar refractivity (Wildman–Crippen MR) is 112 cm³/mol. The maximum Gasteiger partial charge on any atom is 0.259 e. The van der Waals surface area contributed by atoms with E-state index in [9.17, 15) is 14.7 Å². The summed E-state index contributed by atoms with van der Waals surface area (Å²) in [5, 5.41) is 14.5. The van der Waals surface area contributed by atoms with Crippen LogP contribution in [0.2, 0.25) is 0 Å². The van der Waals surface area contributed by atoms with Gasteiger partial charge in [-0.3, -0.25) is 9.59 Å². The molecular formula is C22H22N2O5. The van der Waals surface area contributed by atoms with Gasteiger partial charge < -0.3 is 24.8 Å².